The van der Waals surface area contributed by atoms with Gasteiger partial charge in [0.1, 0.15) is 12.2 Å². The van der Waals surface area contributed by atoms with Crippen LogP contribution in [0.25, 0.3) is 0 Å². The minimum absolute atomic E-state index is 0.101. The summed E-state index contributed by atoms with van der Waals surface area (Å²) in [5.74, 6) is 1.99. The monoisotopic (exact) mass is 536 g/mol. The van der Waals surface area contributed by atoms with Gasteiger partial charge in [-0.05, 0) is 64.4 Å². The number of carbonyl (C=O) groups excluding carboxylic acids is 2. The van der Waals surface area contributed by atoms with Gasteiger partial charge in [-0.25, -0.2) is 9.59 Å². The van der Waals surface area contributed by atoms with Crippen molar-refractivity contribution < 1.29 is 23.6 Å². The lowest BCUT2D eigenvalue weighted by molar-refractivity contribution is 0.0182. The van der Waals surface area contributed by atoms with Crippen LogP contribution >= 0.6 is 0 Å². The molecule has 2 saturated carbocycles. The maximum absolute atomic E-state index is 13.1. The van der Waals surface area contributed by atoms with Gasteiger partial charge < -0.3 is 23.8 Å². The van der Waals surface area contributed by atoms with Crippen molar-refractivity contribution in [2.45, 2.75) is 82.3 Å². The smallest absolute Gasteiger partial charge is 0.410 e. The molecule has 5 rings (SSSR count). The van der Waals surface area contributed by atoms with Gasteiger partial charge >= 0.3 is 12.2 Å². The number of aromatic nitrogens is 2. The van der Waals surface area contributed by atoms with Crippen LogP contribution in [0.4, 0.5) is 9.59 Å². The highest BCUT2D eigenvalue weighted by Crippen LogP contribution is 2.51. The van der Waals surface area contributed by atoms with E-state index in [1.54, 1.807) is 11.0 Å². The number of amides is 2. The lowest BCUT2D eigenvalue weighted by Gasteiger charge is -2.33. The number of nitrogens with zero attached hydrogens (tertiary/aromatic N) is 4. The number of piperidine rings is 1. The van der Waals surface area contributed by atoms with Crippen molar-refractivity contribution in [2.24, 2.45) is 5.92 Å². The highest BCUT2D eigenvalue weighted by molar-refractivity contribution is 5.69. The van der Waals surface area contributed by atoms with Crippen molar-refractivity contribution in [3.05, 3.63) is 60.3 Å². The lowest BCUT2D eigenvalue weighted by atomic mass is 9.94. The predicted molar refractivity (Wildman–Crippen MR) is 145 cm³/mol. The minimum atomic E-state index is -0.493. The quantitative estimate of drug-likeness (QED) is 0.392. The van der Waals surface area contributed by atoms with E-state index in [0.29, 0.717) is 49.6 Å². The van der Waals surface area contributed by atoms with Gasteiger partial charge in [-0.15, -0.1) is 0 Å². The number of hydrogen-bond acceptors (Lipinski definition) is 7. The highest BCUT2D eigenvalue weighted by Gasteiger charge is 2.54. The average Bonchev–Trinajstić information content (AvgIpc) is 3.83. The minimum Gasteiger partial charge on any atom is -0.445 e. The number of rotatable bonds is 9. The van der Waals surface area contributed by atoms with Gasteiger partial charge in [0.2, 0.25) is 5.89 Å². The van der Waals surface area contributed by atoms with Gasteiger partial charge in [0.25, 0.3) is 0 Å². The Bertz CT molecular complexity index is 1160. The third kappa shape index (κ3) is 6.62. The van der Waals surface area contributed by atoms with Crippen LogP contribution in [0.3, 0.4) is 0 Å². The van der Waals surface area contributed by atoms with Crippen LogP contribution in [0.5, 0.6) is 0 Å². The van der Waals surface area contributed by atoms with Crippen LogP contribution < -0.4 is 0 Å². The fourth-order valence-corrected chi connectivity index (χ4v) is 5.49. The van der Waals surface area contributed by atoms with E-state index < -0.39 is 5.60 Å². The van der Waals surface area contributed by atoms with Crippen LogP contribution in [-0.4, -0.2) is 70.0 Å². The van der Waals surface area contributed by atoms with Gasteiger partial charge in [0, 0.05) is 38.0 Å². The summed E-state index contributed by atoms with van der Waals surface area (Å²) >= 11 is 0. The second kappa shape index (κ2) is 11.0. The van der Waals surface area contributed by atoms with Crippen molar-refractivity contribution in [1.29, 1.82) is 0 Å². The molecule has 2 heterocycles. The Morgan fingerprint density at radius 1 is 1.21 bits per heavy atom. The first-order valence-electron chi connectivity index (χ1n) is 14.1. The molecule has 2 atom stereocenters. The summed E-state index contributed by atoms with van der Waals surface area (Å²) in [6.45, 7) is 11.3. The Hall–Kier alpha value is -3.36. The van der Waals surface area contributed by atoms with Crippen LogP contribution in [0.2, 0.25) is 0 Å². The van der Waals surface area contributed by atoms with E-state index in [9.17, 15) is 9.59 Å². The van der Waals surface area contributed by atoms with Crippen LogP contribution in [0, 0.1) is 5.92 Å². The number of likely N-dealkylation sites (tertiary alicyclic amines) is 1. The molecule has 3 fully saturated rings. The molecule has 0 spiro atoms. The third-order valence-electron chi connectivity index (χ3n) is 7.94. The van der Waals surface area contributed by atoms with Gasteiger partial charge in [-0.2, -0.15) is 4.98 Å². The van der Waals surface area contributed by atoms with E-state index in [0.717, 1.165) is 32.1 Å². The molecule has 0 radical (unpaired) electrons. The Kier molecular flexibility index (Phi) is 7.69. The van der Waals surface area contributed by atoms with E-state index in [1.807, 2.05) is 43.9 Å². The lowest BCUT2D eigenvalue weighted by Crippen LogP contribution is -2.42. The SMILES string of the molecule is C=CCOC(=O)N(CC1(c2noc(CC3CCN(C(=O)OC(C)(C)C)CC3)n2)CC1)[C@H]1CC1c1ccccc1. The Labute approximate surface area is 230 Å². The average molecular weight is 537 g/mol. The van der Waals surface area contributed by atoms with E-state index in [-0.39, 0.29) is 30.3 Å². The molecule has 1 aromatic carbocycles. The van der Waals surface area contributed by atoms with Gasteiger partial charge in [-0.3, -0.25) is 0 Å². The Morgan fingerprint density at radius 3 is 2.56 bits per heavy atom. The molecule has 210 valence electrons. The summed E-state index contributed by atoms with van der Waals surface area (Å²) in [7, 11) is 0. The summed E-state index contributed by atoms with van der Waals surface area (Å²) in [4.78, 5) is 33.9. The van der Waals surface area contributed by atoms with Crippen LogP contribution in [0.1, 0.15) is 76.1 Å². The molecule has 2 aromatic rings. The second-order valence-electron chi connectivity index (χ2n) is 12.2. The first kappa shape index (κ1) is 27.2. The molecule has 1 aliphatic heterocycles. The fourth-order valence-electron chi connectivity index (χ4n) is 5.49. The van der Waals surface area contributed by atoms with Crippen molar-refractivity contribution in [1.82, 2.24) is 19.9 Å². The Morgan fingerprint density at radius 2 is 1.92 bits per heavy atom. The van der Waals surface area contributed by atoms with E-state index in [1.165, 1.54) is 5.56 Å². The molecule has 2 amide bonds. The molecule has 2 aliphatic carbocycles. The topological polar surface area (TPSA) is 98.0 Å². The van der Waals surface area contributed by atoms with Crippen molar-refractivity contribution in [2.75, 3.05) is 26.2 Å². The molecule has 1 unspecified atom stereocenters. The molecule has 9 heteroatoms. The van der Waals surface area contributed by atoms with Crippen molar-refractivity contribution >= 4 is 12.2 Å². The number of ether oxygens (including phenoxy) is 2. The molecule has 1 saturated heterocycles. The molecule has 3 aliphatic rings. The molecule has 9 nitrogen and oxygen atoms in total. The van der Waals surface area contributed by atoms with Crippen molar-refractivity contribution in [3.63, 3.8) is 0 Å². The van der Waals surface area contributed by atoms with Crippen LogP contribution in [0.15, 0.2) is 47.5 Å². The highest BCUT2D eigenvalue weighted by atomic mass is 16.6. The zero-order chi connectivity index (χ0) is 27.6. The second-order valence-corrected chi connectivity index (χ2v) is 12.2. The summed E-state index contributed by atoms with van der Waals surface area (Å²) in [6, 6.07) is 10.4. The zero-order valence-corrected chi connectivity index (χ0v) is 23.3. The summed E-state index contributed by atoms with van der Waals surface area (Å²) in [6.07, 6.45) is 6.19. The number of carbonyl (C=O) groups is 2. The van der Waals surface area contributed by atoms with E-state index in [2.05, 4.69) is 23.9 Å². The summed E-state index contributed by atoms with van der Waals surface area (Å²) in [5, 5.41) is 4.37. The predicted octanol–water partition coefficient (Wildman–Crippen LogP) is 5.47. The largest absolute Gasteiger partial charge is 0.445 e. The van der Waals surface area contributed by atoms with E-state index >= 15 is 0 Å². The summed E-state index contributed by atoms with van der Waals surface area (Å²) < 4.78 is 16.7. The third-order valence-corrected chi connectivity index (χ3v) is 7.94. The molecular weight excluding hydrogens is 496 g/mol. The first-order chi connectivity index (χ1) is 18.7. The van der Waals surface area contributed by atoms with Crippen molar-refractivity contribution in [3.8, 4) is 0 Å². The molecule has 0 bridgehead atoms. The standard InChI is InChI=1S/C30H40N4O5/c1-5-17-37-28(36)34(24-19-23(24)22-9-7-6-8-10-22)20-30(13-14-30)26-31-25(39-32-26)18-21-11-15-33(16-12-21)27(35)38-29(2,3)4/h5-10,21,23-24H,1,11-20H2,2-4H3/t23?,24-/m0/s1. The molecule has 39 heavy (non-hydrogen) atoms. The number of hydrogen-bond donors (Lipinski definition) is 0. The summed E-state index contributed by atoms with van der Waals surface area (Å²) in [5.41, 5.74) is 0.458. The van der Waals surface area contributed by atoms with Gasteiger partial charge in [0.05, 0.1) is 5.41 Å². The fraction of sp³-hybridized carbons (Fsp3) is 0.600. The maximum atomic E-state index is 13.1. The van der Waals surface area contributed by atoms with Gasteiger partial charge in [0.15, 0.2) is 5.82 Å². The molecular formula is C30H40N4O5. The Balaban J connectivity index is 1.19. The normalized spacial score (nSPS) is 22.2. The van der Waals surface area contributed by atoms with E-state index in [4.69, 9.17) is 19.0 Å². The first-order valence-corrected chi connectivity index (χ1v) is 14.1. The van der Waals surface area contributed by atoms with Crippen LogP contribution in [-0.2, 0) is 21.3 Å². The number of benzene rings is 1. The maximum Gasteiger partial charge on any atom is 0.410 e. The van der Waals surface area contributed by atoms with Gasteiger partial charge in [-0.1, -0.05) is 48.1 Å². The molecule has 0 N–H and O–H groups in total. The molecule has 1 aromatic heterocycles. The zero-order valence-electron chi connectivity index (χ0n) is 23.3.